The molecule has 0 heterocycles. The molecule has 3 N–H and O–H groups in total. The molecule has 0 aromatic heterocycles. The predicted molar refractivity (Wildman–Crippen MR) is 114 cm³/mol. The molecule has 5 heteroatoms. The average molecular weight is 414 g/mol. The molecule has 0 saturated heterocycles. The third-order valence-electron chi connectivity index (χ3n) is 9.61. The lowest BCUT2D eigenvalue weighted by Gasteiger charge is -2.63. The van der Waals surface area contributed by atoms with E-state index in [2.05, 4.69) is 31.5 Å². The Bertz CT molecular complexity index is 586. The summed E-state index contributed by atoms with van der Waals surface area (Å²) in [7, 11) is 1.64. The first-order valence-electron chi connectivity index (χ1n) is 11.2. The number of nitrogens with one attached hydrogen (secondary N) is 1. The molecule has 0 radical (unpaired) electrons. The number of hydroxylamine groups is 1. The Kier molecular flexibility index (Phi) is 6.59. The molecule has 0 bridgehead atoms. The summed E-state index contributed by atoms with van der Waals surface area (Å²) in [6.07, 6.45) is 14.2. The maximum Gasteiger partial charge on any atom is 0.0737 e. The summed E-state index contributed by atoms with van der Waals surface area (Å²) in [6.45, 7) is 5.55. The molecule has 4 aliphatic rings. The molecule has 4 saturated carbocycles. The normalized spacial score (nSPS) is 50.5. The zero-order chi connectivity index (χ0) is 19.3. The van der Waals surface area contributed by atoms with E-state index in [0.29, 0.717) is 29.1 Å². The van der Waals surface area contributed by atoms with Crippen molar-refractivity contribution in [2.75, 3.05) is 13.7 Å². The van der Waals surface area contributed by atoms with E-state index in [0.717, 1.165) is 51.5 Å². The molecule has 0 spiro atoms. The van der Waals surface area contributed by atoms with Crippen molar-refractivity contribution in [3.63, 3.8) is 0 Å². The second-order valence-corrected chi connectivity index (χ2v) is 10.4. The van der Waals surface area contributed by atoms with Gasteiger partial charge in [-0.2, -0.15) is 5.48 Å². The Labute approximate surface area is 176 Å². The van der Waals surface area contributed by atoms with Crippen molar-refractivity contribution in [3.8, 4) is 0 Å². The third kappa shape index (κ3) is 3.28. The van der Waals surface area contributed by atoms with Gasteiger partial charge >= 0.3 is 0 Å². The zero-order valence-electron chi connectivity index (χ0n) is 17.8. The first-order chi connectivity index (χ1) is 12.8. The first-order valence-corrected chi connectivity index (χ1v) is 11.2. The van der Waals surface area contributed by atoms with Crippen LogP contribution in [-0.4, -0.2) is 35.6 Å². The van der Waals surface area contributed by atoms with Crippen LogP contribution in [0.25, 0.3) is 0 Å². The Morgan fingerprint density at radius 1 is 1.04 bits per heavy atom. The number of halogens is 1. The van der Waals surface area contributed by atoms with Crippen LogP contribution < -0.4 is 5.48 Å². The highest BCUT2D eigenvalue weighted by Gasteiger charge is 2.66. The van der Waals surface area contributed by atoms with Gasteiger partial charge in [-0.3, -0.25) is 0 Å². The van der Waals surface area contributed by atoms with Crippen molar-refractivity contribution in [3.05, 3.63) is 12.2 Å². The van der Waals surface area contributed by atoms with E-state index in [-0.39, 0.29) is 23.9 Å². The molecule has 4 fully saturated rings. The number of aliphatic hydroxyl groups excluding tert-OH is 1. The average Bonchev–Trinajstić information content (AvgIpc) is 2.91. The van der Waals surface area contributed by atoms with E-state index in [1.54, 1.807) is 7.11 Å². The molecule has 28 heavy (non-hydrogen) atoms. The highest BCUT2D eigenvalue weighted by molar-refractivity contribution is 5.85. The van der Waals surface area contributed by atoms with Gasteiger partial charge in [0.2, 0.25) is 0 Å². The zero-order valence-corrected chi connectivity index (χ0v) is 18.6. The van der Waals surface area contributed by atoms with E-state index in [4.69, 9.17) is 4.84 Å². The van der Waals surface area contributed by atoms with Gasteiger partial charge in [0.05, 0.1) is 18.8 Å². The predicted octanol–water partition coefficient (Wildman–Crippen LogP) is 4.25. The fraction of sp³-hybridized carbons (Fsp3) is 0.913. The van der Waals surface area contributed by atoms with Crippen LogP contribution in [0, 0.1) is 34.5 Å². The van der Waals surface area contributed by atoms with E-state index in [1.807, 2.05) is 0 Å². The van der Waals surface area contributed by atoms with E-state index in [1.165, 1.54) is 12.8 Å². The van der Waals surface area contributed by atoms with Crippen LogP contribution in [0.15, 0.2) is 12.2 Å². The van der Waals surface area contributed by atoms with Crippen molar-refractivity contribution < 1.29 is 15.1 Å². The lowest BCUT2D eigenvalue weighted by atomic mass is 9.43. The molecule has 0 amide bonds. The van der Waals surface area contributed by atoms with E-state index in [9.17, 15) is 10.2 Å². The third-order valence-corrected chi connectivity index (χ3v) is 9.61. The fourth-order valence-corrected chi connectivity index (χ4v) is 7.92. The number of rotatable bonds is 4. The van der Waals surface area contributed by atoms with Gasteiger partial charge in [-0.15, -0.1) is 12.4 Å². The summed E-state index contributed by atoms with van der Waals surface area (Å²) in [4.78, 5) is 4.93. The Morgan fingerprint density at radius 3 is 2.57 bits per heavy atom. The molecule has 0 aliphatic heterocycles. The van der Waals surface area contributed by atoms with Gasteiger partial charge in [-0.1, -0.05) is 26.0 Å². The van der Waals surface area contributed by atoms with Crippen LogP contribution in [0.5, 0.6) is 0 Å². The fourth-order valence-electron chi connectivity index (χ4n) is 7.92. The number of hydrogen-bond acceptors (Lipinski definition) is 4. The molecule has 0 aromatic rings. The topological polar surface area (TPSA) is 61.7 Å². The lowest BCUT2D eigenvalue weighted by molar-refractivity contribution is -0.207. The minimum atomic E-state index is -0.524. The number of aliphatic hydroxyl groups is 2. The van der Waals surface area contributed by atoms with Gasteiger partial charge in [0.25, 0.3) is 0 Å². The van der Waals surface area contributed by atoms with Crippen molar-refractivity contribution in [2.24, 2.45) is 34.5 Å². The summed E-state index contributed by atoms with van der Waals surface area (Å²) in [6, 6.07) is 0. The van der Waals surface area contributed by atoms with Crippen LogP contribution in [0.4, 0.5) is 0 Å². The summed E-state index contributed by atoms with van der Waals surface area (Å²) in [5.74, 6) is 2.16. The van der Waals surface area contributed by atoms with Gasteiger partial charge < -0.3 is 15.1 Å². The summed E-state index contributed by atoms with van der Waals surface area (Å²) >= 11 is 0. The highest BCUT2D eigenvalue weighted by Crippen LogP contribution is 2.69. The molecule has 0 aromatic carbocycles. The second-order valence-electron chi connectivity index (χ2n) is 10.4. The largest absolute Gasteiger partial charge is 0.393 e. The van der Waals surface area contributed by atoms with Crippen molar-refractivity contribution in [2.45, 2.75) is 83.3 Å². The Hall–Kier alpha value is -0.130. The monoisotopic (exact) mass is 413 g/mol. The molecular weight excluding hydrogens is 374 g/mol. The minimum absolute atomic E-state index is 0. The Balaban J connectivity index is 0.00000225. The smallest absolute Gasteiger partial charge is 0.0737 e. The Morgan fingerprint density at radius 2 is 1.82 bits per heavy atom. The lowest BCUT2D eigenvalue weighted by Crippen LogP contribution is -2.62. The summed E-state index contributed by atoms with van der Waals surface area (Å²) < 4.78 is 0. The van der Waals surface area contributed by atoms with Gasteiger partial charge in [-0.25, -0.2) is 0 Å². The van der Waals surface area contributed by atoms with Crippen LogP contribution in [0.2, 0.25) is 0 Å². The van der Waals surface area contributed by atoms with Crippen molar-refractivity contribution in [1.29, 1.82) is 0 Å². The minimum Gasteiger partial charge on any atom is -0.393 e. The van der Waals surface area contributed by atoms with Gasteiger partial charge in [-0.05, 0) is 86.9 Å². The van der Waals surface area contributed by atoms with Gasteiger partial charge in [0.15, 0.2) is 0 Å². The van der Waals surface area contributed by atoms with E-state index < -0.39 is 5.60 Å². The molecule has 8 atom stereocenters. The standard InChI is InChI=1S/C23H39NO3.ClH/c1-21-11-9-18(25)15-17(21)6-7-20-19(21)10-12-22(2)16(5-4-14-24-27-3)8-13-23(20,22)26;/h4-5,16-20,24-26H,6-15H2,1-3H3;1H/b5-4+;/t16-,17+,18-,19-,20+,21-,22+,23-;/m0./s1. The number of allylic oxidation sites excluding steroid dienone is 1. The highest BCUT2D eigenvalue weighted by atomic mass is 35.5. The van der Waals surface area contributed by atoms with Crippen LogP contribution in [0.3, 0.4) is 0 Å². The maximum atomic E-state index is 12.1. The number of hydrogen-bond donors (Lipinski definition) is 3. The second kappa shape index (κ2) is 8.19. The number of fused-ring (bicyclic) bond motifs is 5. The SMILES string of the molecule is CONC/C=C/[C@H]1CC[C@]2(O)[C@@H]3CC[C@@H]4C[C@@H](O)CC[C@]4(C)[C@H]3CC[C@]12C.Cl. The van der Waals surface area contributed by atoms with Crippen LogP contribution in [-0.2, 0) is 4.84 Å². The first kappa shape index (κ1) is 22.6. The van der Waals surface area contributed by atoms with Crippen LogP contribution >= 0.6 is 12.4 Å². The van der Waals surface area contributed by atoms with Gasteiger partial charge in [0, 0.05) is 12.0 Å². The molecule has 162 valence electrons. The molecular formula is C23H40ClNO3. The van der Waals surface area contributed by atoms with Crippen molar-refractivity contribution >= 4 is 12.4 Å². The van der Waals surface area contributed by atoms with Crippen LogP contribution in [0.1, 0.15) is 71.6 Å². The summed E-state index contributed by atoms with van der Waals surface area (Å²) in [5, 5.41) is 22.3. The van der Waals surface area contributed by atoms with E-state index >= 15 is 0 Å². The molecule has 4 rings (SSSR count). The molecule has 4 aliphatic carbocycles. The quantitative estimate of drug-likeness (QED) is 0.366. The maximum absolute atomic E-state index is 12.1. The molecule has 0 unspecified atom stereocenters. The molecule has 4 nitrogen and oxygen atoms in total. The van der Waals surface area contributed by atoms with Crippen molar-refractivity contribution in [1.82, 2.24) is 5.48 Å². The summed E-state index contributed by atoms with van der Waals surface area (Å²) in [5.41, 5.74) is 2.67. The van der Waals surface area contributed by atoms with Gasteiger partial charge in [0.1, 0.15) is 0 Å².